The molecule has 4 heteroatoms. The zero-order valence-electron chi connectivity index (χ0n) is 10.3. The van der Waals surface area contributed by atoms with E-state index in [1.807, 2.05) is 0 Å². The zero-order chi connectivity index (χ0) is 11.8. The fourth-order valence-corrected chi connectivity index (χ4v) is 2.21. The van der Waals surface area contributed by atoms with E-state index in [0.29, 0.717) is 11.7 Å². The highest BCUT2D eigenvalue weighted by molar-refractivity contribution is 5.02. The van der Waals surface area contributed by atoms with Crippen molar-refractivity contribution < 1.29 is 5.11 Å². The van der Waals surface area contributed by atoms with E-state index in [2.05, 4.69) is 17.1 Å². The predicted octanol–water partition coefficient (Wildman–Crippen LogP) is 2.26. The first-order valence-electron chi connectivity index (χ1n) is 6.11. The predicted molar refractivity (Wildman–Crippen MR) is 61.9 cm³/mol. The first kappa shape index (κ1) is 11.6. The summed E-state index contributed by atoms with van der Waals surface area (Å²) >= 11 is 0. The minimum Gasteiger partial charge on any atom is -0.384 e. The van der Waals surface area contributed by atoms with E-state index in [-0.39, 0.29) is 0 Å². The Bertz CT molecular complexity index is 345. The minimum atomic E-state index is -0.889. The second kappa shape index (κ2) is 4.17. The minimum absolute atomic E-state index is 0.423. The van der Waals surface area contributed by atoms with Crippen LogP contribution in [0.1, 0.15) is 58.2 Å². The first-order chi connectivity index (χ1) is 7.47. The molecule has 0 unspecified atom stereocenters. The van der Waals surface area contributed by atoms with Gasteiger partial charge in [0.2, 0.25) is 0 Å². The maximum absolute atomic E-state index is 9.83. The summed E-state index contributed by atoms with van der Waals surface area (Å²) in [5.74, 6) is 0.834. The van der Waals surface area contributed by atoms with Crippen LogP contribution in [0.4, 0.5) is 0 Å². The fourth-order valence-electron chi connectivity index (χ4n) is 2.21. The molecule has 0 aliphatic heterocycles. The summed E-state index contributed by atoms with van der Waals surface area (Å²) < 4.78 is 0. The van der Waals surface area contributed by atoms with Crippen molar-refractivity contribution in [3.8, 4) is 0 Å². The quantitative estimate of drug-likeness (QED) is 0.836. The third-order valence-electron chi connectivity index (χ3n) is 3.45. The lowest BCUT2D eigenvalue weighted by Gasteiger charge is -2.25. The van der Waals surface area contributed by atoms with Gasteiger partial charge in [-0.05, 0) is 45.4 Å². The summed E-state index contributed by atoms with van der Waals surface area (Å²) in [6.07, 6.45) is 6.49. The van der Waals surface area contributed by atoms with Crippen molar-refractivity contribution in [1.82, 2.24) is 15.0 Å². The van der Waals surface area contributed by atoms with Crippen LogP contribution < -0.4 is 0 Å². The zero-order valence-corrected chi connectivity index (χ0v) is 10.3. The maximum Gasteiger partial charge on any atom is 0.114 e. The van der Waals surface area contributed by atoms with Gasteiger partial charge in [-0.25, -0.2) is 0 Å². The Morgan fingerprint density at radius 3 is 2.44 bits per heavy atom. The van der Waals surface area contributed by atoms with Crippen LogP contribution in [0.15, 0.2) is 6.20 Å². The molecule has 0 atom stereocenters. The van der Waals surface area contributed by atoms with Gasteiger partial charge in [0, 0.05) is 0 Å². The van der Waals surface area contributed by atoms with Crippen LogP contribution in [-0.2, 0) is 5.60 Å². The molecule has 90 valence electrons. The van der Waals surface area contributed by atoms with Crippen molar-refractivity contribution in [2.24, 2.45) is 5.92 Å². The lowest BCUT2D eigenvalue weighted by atomic mass is 9.88. The highest BCUT2D eigenvalue weighted by Crippen LogP contribution is 2.31. The van der Waals surface area contributed by atoms with Crippen LogP contribution in [0.3, 0.4) is 0 Å². The molecule has 0 radical (unpaired) electrons. The van der Waals surface area contributed by atoms with Crippen LogP contribution in [0.2, 0.25) is 0 Å². The second-order valence-electron chi connectivity index (χ2n) is 5.52. The molecule has 2 rings (SSSR count). The van der Waals surface area contributed by atoms with Crippen molar-refractivity contribution in [3.05, 3.63) is 11.9 Å². The molecule has 1 fully saturated rings. The van der Waals surface area contributed by atoms with Gasteiger partial charge >= 0.3 is 0 Å². The molecule has 16 heavy (non-hydrogen) atoms. The van der Waals surface area contributed by atoms with Crippen LogP contribution in [0.5, 0.6) is 0 Å². The van der Waals surface area contributed by atoms with Crippen molar-refractivity contribution in [3.63, 3.8) is 0 Å². The van der Waals surface area contributed by atoms with Crippen molar-refractivity contribution >= 4 is 0 Å². The van der Waals surface area contributed by atoms with Gasteiger partial charge in [-0.15, -0.1) is 0 Å². The smallest absolute Gasteiger partial charge is 0.114 e. The Balaban J connectivity index is 2.08. The van der Waals surface area contributed by atoms with Crippen molar-refractivity contribution in [2.75, 3.05) is 0 Å². The number of hydrogen-bond acceptors (Lipinski definition) is 3. The highest BCUT2D eigenvalue weighted by atomic mass is 16.3. The molecule has 4 nitrogen and oxygen atoms in total. The Morgan fingerprint density at radius 1 is 1.31 bits per heavy atom. The SMILES string of the molecule is CC(C)(O)c1cnn([C@H]2CC[C@H](C)CC2)n1. The molecular formula is C12H21N3O. The topological polar surface area (TPSA) is 50.9 Å². The van der Waals surface area contributed by atoms with Crippen molar-refractivity contribution in [1.29, 1.82) is 0 Å². The molecule has 1 aromatic heterocycles. The Morgan fingerprint density at radius 2 is 1.94 bits per heavy atom. The summed E-state index contributed by atoms with van der Waals surface area (Å²) in [6.45, 7) is 5.78. The molecule has 0 spiro atoms. The van der Waals surface area contributed by atoms with E-state index in [9.17, 15) is 5.11 Å². The average Bonchev–Trinajstić information content (AvgIpc) is 2.67. The van der Waals surface area contributed by atoms with E-state index in [1.165, 1.54) is 12.8 Å². The largest absolute Gasteiger partial charge is 0.384 e. The van der Waals surface area contributed by atoms with Gasteiger partial charge in [-0.3, -0.25) is 0 Å². The van der Waals surface area contributed by atoms with Crippen LogP contribution in [0, 0.1) is 5.92 Å². The molecule has 0 aromatic carbocycles. The molecular weight excluding hydrogens is 202 g/mol. The normalized spacial score (nSPS) is 27.0. The molecule has 0 saturated heterocycles. The fraction of sp³-hybridized carbons (Fsp3) is 0.833. The molecule has 0 bridgehead atoms. The van der Waals surface area contributed by atoms with E-state index in [0.717, 1.165) is 18.8 Å². The van der Waals surface area contributed by atoms with Crippen LogP contribution in [-0.4, -0.2) is 20.1 Å². The van der Waals surface area contributed by atoms with Gasteiger partial charge in [0.15, 0.2) is 0 Å². The summed E-state index contributed by atoms with van der Waals surface area (Å²) in [6, 6.07) is 0.423. The monoisotopic (exact) mass is 223 g/mol. The van der Waals surface area contributed by atoms with Gasteiger partial charge in [0.05, 0.1) is 12.2 Å². The number of aliphatic hydroxyl groups is 1. The maximum atomic E-state index is 9.83. The van der Waals surface area contributed by atoms with Gasteiger partial charge in [-0.1, -0.05) is 6.92 Å². The number of rotatable bonds is 2. The standard InChI is InChI=1S/C12H21N3O/c1-9-4-6-10(7-5-9)15-13-8-11(14-15)12(2,3)16/h8-10,16H,4-7H2,1-3H3/t9-,10-. The summed E-state index contributed by atoms with van der Waals surface area (Å²) in [7, 11) is 0. The number of hydrogen-bond donors (Lipinski definition) is 1. The summed E-state index contributed by atoms with van der Waals surface area (Å²) in [5, 5.41) is 18.5. The molecule has 0 amide bonds. The van der Waals surface area contributed by atoms with E-state index >= 15 is 0 Å². The third kappa shape index (κ3) is 2.43. The highest BCUT2D eigenvalue weighted by Gasteiger charge is 2.24. The second-order valence-corrected chi connectivity index (χ2v) is 5.52. The van der Waals surface area contributed by atoms with Gasteiger partial charge in [0.25, 0.3) is 0 Å². The van der Waals surface area contributed by atoms with Gasteiger partial charge in [0.1, 0.15) is 11.3 Å². The van der Waals surface area contributed by atoms with Crippen LogP contribution >= 0.6 is 0 Å². The number of aromatic nitrogens is 3. The van der Waals surface area contributed by atoms with Gasteiger partial charge < -0.3 is 5.11 Å². The molecule has 1 aromatic rings. The van der Waals surface area contributed by atoms with E-state index < -0.39 is 5.60 Å². The van der Waals surface area contributed by atoms with E-state index in [4.69, 9.17) is 0 Å². The molecule has 1 saturated carbocycles. The summed E-state index contributed by atoms with van der Waals surface area (Å²) in [5.41, 5.74) is -0.230. The van der Waals surface area contributed by atoms with Crippen LogP contribution in [0.25, 0.3) is 0 Å². The lowest BCUT2D eigenvalue weighted by molar-refractivity contribution is 0.0724. The molecule has 1 N–H and O–H groups in total. The number of nitrogens with zero attached hydrogens (tertiary/aromatic N) is 3. The van der Waals surface area contributed by atoms with E-state index in [1.54, 1.807) is 24.8 Å². The average molecular weight is 223 g/mol. The first-order valence-corrected chi connectivity index (χ1v) is 6.11. The van der Waals surface area contributed by atoms with Gasteiger partial charge in [-0.2, -0.15) is 15.0 Å². The van der Waals surface area contributed by atoms with Crippen molar-refractivity contribution in [2.45, 2.75) is 58.1 Å². The third-order valence-corrected chi connectivity index (χ3v) is 3.45. The molecule has 1 heterocycles. The summed E-state index contributed by atoms with van der Waals surface area (Å²) in [4.78, 5) is 1.79. The Labute approximate surface area is 96.7 Å². The Hall–Kier alpha value is -0.900. The Kier molecular flexibility index (Phi) is 3.02. The molecule has 1 aliphatic carbocycles. The molecule has 1 aliphatic rings. The lowest BCUT2D eigenvalue weighted by Crippen LogP contribution is -2.21.